The van der Waals surface area contributed by atoms with Crippen LogP contribution in [0.4, 0.5) is 11.6 Å². The molecule has 0 aliphatic rings. The third-order valence-electron chi connectivity index (χ3n) is 2.64. The molecule has 2 N–H and O–H groups in total. The molecule has 1 aromatic heterocycles. The van der Waals surface area contributed by atoms with Gasteiger partial charge in [0.2, 0.25) is 5.95 Å². The van der Waals surface area contributed by atoms with Crippen LogP contribution in [0.3, 0.4) is 0 Å². The minimum absolute atomic E-state index is 0.0792. The molecule has 1 heterocycles. The van der Waals surface area contributed by atoms with Crippen molar-refractivity contribution >= 4 is 11.6 Å². The van der Waals surface area contributed by atoms with E-state index in [0.717, 1.165) is 5.69 Å². The Morgan fingerprint density at radius 2 is 2.00 bits per heavy atom. The van der Waals surface area contributed by atoms with Crippen molar-refractivity contribution in [2.24, 2.45) is 0 Å². The highest BCUT2D eigenvalue weighted by Crippen LogP contribution is 2.17. The van der Waals surface area contributed by atoms with Gasteiger partial charge in [-0.3, -0.25) is 0 Å². The van der Waals surface area contributed by atoms with E-state index in [2.05, 4.69) is 29.1 Å². The number of hydrogen-bond donors (Lipinski definition) is 2. The predicted octanol–water partition coefficient (Wildman–Crippen LogP) is 2.33. The van der Waals surface area contributed by atoms with Gasteiger partial charge in [0.05, 0.1) is 12.3 Å². The monoisotopic (exact) mass is 229 g/mol. The lowest BCUT2D eigenvalue weighted by Crippen LogP contribution is -2.00. The zero-order chi connectivity index (χ0) is 12.3. The van der Waals surface area contributed by atoms with Crippen LogP contribution in [0.25, 0.3) is 0 Å². The van der Waals surface area contributed by atoms with Gasteiger partial charge >= 0.3 is 0 Å². The minimum atomic E-state index is -0.0792. The normalized spacial score (nSPS) is 10.3. The molecule has 0 atom stereocenters. The van der Waals surface area contributed by atoms with Crippen LogP contribution in [0.2, 0.25) is 0 Å². The smallest absolute Gasteiger partial charge is 0.227 e. The molecule has 4 nitrogen and oxygen atoms in total. The summed E-state index contributed by atoms with van der Waals surface area (Å²) in [5.74, 6) is 0.500. The standard InChI is InChI=1S/C13H15N3O/c1-9-3-4-11(7-10(9)2)15-13-14-6-5-12(8-17)16-13/h3-7,17H,8H2,1-2H3,(H,14,15,16). The quantitative estimate of drug-likeness (QED) is 0.848. The molecule has 0 aliphatic heterocycles. The molecule has 0 unspecified atom stereocenters. The molecule has 0 amide bonds. The Kier molecular flexibility index (Phi) is 3.35. The van der Waals surface area contributed by atoms with Crippen LogP contribution < -0.4 is 5.32 Å². The number of anilines is 2. The molecule has 4 heteroatoms. The lowest BCUT2D eigenvalue weighted by molar-refractivity contribution is 0.277. The minimum Gasteiger partial charge on any atom is -0.390 e. The topological polar surface area (TPSA) is 58.0 Å². The molecule has 0 bridgehead atoms. The number of benzene rings is 1. The SMILES string of the molecule is Cc1ccc(Nc2nccc(CO)n2)cc1C. The van der Waals surface area contributed by atoms with Crippen LogP contribution in [0.15, 0.2) is 30.5 Å². The van der Waals surface area contributed by atoms with E-state index in [9.17, 15) is 0 Å². The van der Waals surface area contributed by atoms with Crippen LogP contribution in [0.5, 0.6) is 0 Å². The Hall–Kier alpha value is -1.94. The van der Waals surface area contributed by atoms with Crippen LogP contribution >= 0.6 is 0 Å². The molecular weight excluding hydrogens is 214 g/mol. The van der Waals surface area contributed by atoms with Gasteiger partial charge in [-0.05, 0) is 43.2 Å². The number of hydrogen-bond acceptors (Lipinski definition) is 4. The van der Waals surface area contributed by atoms with E-state index in [0.29, 0.717) is 11.6 Å². The lowest BCUT2D eigenvalue weighted by Gasteiger charge is -2.07. The van der Waals surface area contributed by atoms with Crippen molar-refractivity contribution in [3.05, 3.63) is 47.3 Å². The summed E-state index contributed by atoms with van der Waals surface area (Å²) in [5, 5.41) is 12.1. The third kappa shape index (κ3) is 2.79. The molecule has 2 rings (SSSR count). The zero-order valence-corrected chi connectivity index (χ0v) is 9.94. The maximum Gasteiger partial charge on any atom is 0.227 e. The first kappa shape index (κ1) is 11.5. The summed E-state index contributed by atoms with van der Waals surface area (Å²) in [4.78, 5) is 8.27. The van der Waals surface area contributed by atoms with E-state index in [1.54, 1.807) is 12.3 Å². The van der Waals surface area contributed by atoms with Crippen LogP contribution in [0.1, 0.15) is 16.8 Å². The molecule has 0 saturated carbocycles. The molecule has 17 heavy (non-hydrogen) atoms. The molecular formula is C13H15N3O. The fourth-order valence-corrected chi connectivity index (χ4v) is 1.49. The van der Waals surface area contributed by atoms with E-state index in [1.807, 2.05) is 18.2 Å². The van der Waals surface area contributed by atoms with Gasteiger partial charge in [0.15, 0.2) is 0 Å². The molecule has 0 aliphatic carbocycles. The number of aliphatic hydroxyl groups is 1. The molecule has 0 fully saturated rings. The summed E-state index contributed by atoms with van der Waals surface area (Å²) in [6.45, 7) is 4.05. The maximum absolute atomic E-state index is 8.99. The number of aliphatic hydroxyl groups excluding tert-OH is 1. The van der Waals surface area contributed by atoms with E-state index >= 15 is 0 Å². The van der Waals surface area contributed by atoms with Crippen LogP contribution in [0, 0.1) is 13.8 Å². The van der Waals surface area contributed by atoms with Crippen LogP contribution in [-0.4, -0.2) is 15.1 Å². The predicted molar refractivity (Wildman–Crippen MR) is 67.2 cm³/mol. The zero-order valence-electron chi connectivity index (χ0n) is 9.94. The van der Waals surface area contributed by atoms with E-state index in [1.165, 1.54) is 11.1 Å². The van der Waals surface area contributed by atoms with Crippen molar-refractivity contribution < 1.29 is 5.11 Å². The Labute approximate surface area is 100 Å². The van der Waals surface area contributed by atoms with E-state index in [-0.39, 0.29) is 6.61 Å². The Morgan fingerprint density at radius 3 is 2.71 bits per heavy atom. The van der Waals surface area contributed by atoms with Gasteiger partial charge < -0.3 is 10.4 Å². The molecule has 0 saturated heterocycles. The Bertz CT molecular complexity index is 526. The van der Waals surface area contributed by atoms with Gasteiger partial charge in [-0.15, -0.1) is 0 Å². The first-order valence-corrected chi connectivity index (χ1v) is 5.46. The molecule has 1 aromatic carbocycles. The summed E-state index contributed by atoms with van der Waals surface area (Å²) in [6, 6.07) is 7.76. The van der Waals surface area contributed by atoms with E-state index < -0.39 is 0 Å². The largest absolute Gasteiger partial charge is 0.390 e. The van der Waals surface area contributed by atoms with Gasteiger partial charge in [-0.1, -0.05) is 6.07 Å². The van der Waals surface area contributed by atoms with E-state index in [4.69, 9.17) is 5.11 Å². The number of nitrogens with one attached hydrogen (secondary N) is 1. The first-order valence-electron chi connectivity index (χ1n) is 5.46. The van der Waals surface area contributed by atoms with Gasteiger partial charge in [0, 0.05) is 11.9 Å². The van der Waals surface area contributed by atoms with Gasteiger partial charge in [-0.25, -0.2) is 9.97 Å². The summed E-state index contributed by atoms with van der Waals surface area (Å²) in [5.41, 5.74) is 4.02. The second-order valence-electron chi connectivity index (χ2n) is 3.95. The van der Waals surface area contributed by atoms with Crippen molar-refractivity contribution in [3.8, 4) is 0 Å². The third-order valence-corrected chi connectivity index (χ3v) is 2.64. The van der Waals surface area contributed by atoms with Crippen molar-refractivity contribution in [3.63, 3.8) is 0 Å². The fourth-order valence-electron chi connectivity index (χ4n) is 1.49. The van der Waals surface area contributed by atoms with Gasteiger partial charge in [0.25, 0.3) is 0 Å². The highest BCUT2D eigenvalue weighted by molar-refractivity contribution is 5.55. The van der Waals surface area contributed by atoms with Gasteiger partial charge in [0.1, 0.15) is 0 Å². The summed E-state index contributed by atoms with van der Waals surface area (Å²) < 4.78 is 0. The Balaban J connectivity index is 2.22. The number of rotatable bonds is 3. The summed E-state index contributed by atoms with van der Waals surface area (Å²) >= 11 is 0. The van der Waals surface area contributed by atoms with Crippen molar-refractivity contribution in [2.45, 2.75) is 20.5 Å². The molecule has 0 radical (unpaired) electrons. The van der Waals surface area contributed by atoms with Crippen LogP contribution in [-0.2, 0) is 6.61 Å². The number of nitrogens with zero attached hydrogens (tertiary/aromatic N) is 2. The molecule has 88 valence electrons. The molecule has 0 spiro atoms. The average Bonchev–Trinajstić information content (AvgIpc) is 2.34. The average molecular weight is 229 g/mol. The van der Waals surface area contributed by atoms with Crippen molar-refractivity contribution in [1.29, 1.82) is 0 Å². The maximum atomic E-state index is 8.99. The van der Waals surface area contributed by atoms with Gasteiger partial charge in [-0.2, -0.15) is 0 Å². The summed E-state index contributed by atoms with van der Waals surface area (Å²) in [6.07, 6.45) is 1.63. The number of aryl methyl sites for hydroxylation is 2. The van der Waals surface area contributed by atoms with Crippen molar-refractivity contribution in [1.82, 2.24) is 9.97 Å². The Morgan fingerprint density at radius 1 is 1.18 bits per heavy atom. The summed E-state index contributed by atoms with van der Waals surface area (Å²) in [7, 11) is 0. The second-order valence-corrected chi connectivity index (χ2v) is 3.95. The first-order chi connectivity index (χ1) is 8.19. The number of aromatic nitrogens is 2. The second kappa shape index (κ2) is 4.93. The highest BCUT2D eigenvalue weighted by atomic mass is 16.3. The fraction of sp³-hybridized carbons (Fsp3) is 0.231. The molecule has 2 aromatic rings. The lowest BCUT2D eigenvalue weighted by atomic mass is 10.1. The van der Waals surface area contributed by atoms with Crippen molar-refractivity contribution in [2.75, 3.05) is 5.32 Å². The highest BCUT2D eigenvalue weighted by Gasteiger charge is 2.00.